The number of hydrogen-bond donors (Lipinski definition) is 2. The van der Waals surface area contributed by atoms with Crippen molar-refractivity contribution in [2.75, 3.05) is 0 Å². The average molecular weight is 296 g/mol. The standard InChI is InChI=1S/C18H14O2.2H3N/c1-3-9-15(10-4-1)19-17-13-7-8-14-18(17)20-16-11-5-2-6-12-16;;/h1-14H;2*1H3. The molecule has 0 saturated heterocycles. The SMILES string of the molecule is N.N.c1ccc(Oc2ccccc2Oc2ccccc2)cc1. The molecule has 0 aliphatic rings. The van der Waals surface area contributed by atoms with Crippen LogP contribution in [0.25, 0.3) is 0 Å². The van der Waals surface area contributed by atoms with Crippen LogP contribution in [0.15, 0.2) is 84.9 Å². The minimum absolute atomic E-state index is 0. The van der Waals surface area contributed by atoms with Crippen LogP contribution in [0, 0.1) is 0 Å². The van der Waals surface area contributed by atoms with E-state index in [0.717, 1.165) is 11.5 Å². The van der Waals surface area contributed by atoms with E-state index in [1.165, 1.54) is 0 Å². The third-order valence-electron chi connectivity index (χ3n) is 2.79. The van der Waals surface area contributed by atoms with Crippen molar-refractivity contribution in [3.63, 3.8) is 0 Å². The molecule has 0 aliphatic carbocycles. The molecule has 3 aromatic carbocycles. The Bertz CT molecular complexity index is 612. The van der Waals surface area contributed by atoms with Crippen LogP contribution < -0.4 is 21.8 Å². The Labute approximate surface area is 130 Å². The van der Waals surface area contributed by atoms with Crippen molar-refractivity contribution in [3.8, 4) is 23.0 Å². The zero-order chi connectivity index (χ0) is 13.6. The lowest BCUT2D eigenvalue weighted by atomic mass is 10.3. The summed E-state index contributed by atoms with van der Waals surface area (Å²) < 4.78 is 11.7. The van der Waals surface area contributed by atoms with Crippen LogP contribution in [0.5, 0.6) is 23.0 Å². The van der Waals surface area contributed by atoms with Gasteiger partial charge in [-0.2, -0.15) is 0 Å². The van der Waals surface area contributed by atoms with Crippen LogP contribution in [-0.4, -0.2) is 0 Å². The quantitative estimate of drug-likeness (QED) is 0.656. The molecule has 0 unspecified atom stereocenters. The second-order valence-electron chi connectivity index (χ2n) is 4.28. The van der Waals surface area contributed by atoms with Gasteiger partial charge in [0.25, 0.3) is 0 Å². The molecule has 0 radical (unpaired) electrons. The Balaban J connectivity index is 0.00000121. The molecule has 22 heavy (non-hydrogen) atoms. The molecule has 0 saturated carbocycles. The van der Waals surface area contributed by atoms with Gasteiger partial charge < -0.3 is 21.8 Å². The molecule has 4 nitrogen and oxygen atoms in total. The van der Waals surface area contributed by atoms with Gasteiger partial charge in [0.15, 0.2) is 11.5 Å². The van der Waals surface area contributed by atoms with Crippen molar-refractivity contribution >= 4 is 0 Å². The Kier molecular flexibility index (Phi) is 6.63. The van der Waals surface area contributed by atoms with Crippen molar-refractivity contribution in [3.05, 3.63) is 84.9 Å². The normalized spacial score (nSPS) is 9.09. The molecule has 0 amide bonds. The second-order valence-corrected chi connectivity index (χ2v) is 4.28. The molecule has 3 aromatic rings. The summed E-state index contributed by atoms with van der Waals surface area (Å²) >= 11 is 0. The Morgan fingerprint density at radius 2 is 0.727 bits per heavy atom. The van der Waals surface area contributed by atoms with Gasteiger partial charge in [-0.1, -0.05) is 48.5 Å². The first-order chi connectivity index (χ1) is 9.92. The highest BCUT2D eigenvalue weighted by Crippen LogP contribution is 2.34. The molecule has 0 spiro atoms. The summed E-state index contributed by atoms with van der Waals surface area (Å²) in [5, 5.41) is 0. The summed E-state index contributed by atoms with van der Waals surface area (Å²) in [7, 11) is 0. The van der Waals surface area contributed by atoms with Crippen LogP contribution in [-0.2, 0) is 0 Å². The number of ether oxygens (including phenoxy) is 2. The lowest BCUT2D eigenvalue weighted by Crippen LogP contribution is -1.89. The Morgan fingerprint density at radius 1 is 0.409 bits per heavy atom. The molecule has 4 heteroatoms. The number of benzene rings is 3. The first kappa shape index (κ1) is 17.2. The highest BCUT2D eigenvalue weighted by molar-refractivity contribution is 5.45. The van der Waals surface area contributed by atoms with Gasteiger partial charge in [0.2, 0.25) is 0 Å². The monoisotopic (exact) mass is 296 g/mol. The van der Waals surface area contributed by atoms with Crippen LogP contribution >= 0.6 is 0 Å². The summed E-state index contributed by atoms with van der Waals surface area (Å²) in [5.41, 5.74) is 0. The van der Waals surface area contributed by atoms with Crippen LogP contribution in [0.3, 0.4) is 0 Å². The minimum atomic E-state index is 0. The summed E-state index contributed by atoms with van der Waals surface area (Å²) in [6, 6.07) is 27.0. The van der Waals surface area contributed by atoms with Crippen LogP contribution in [0.4, 0.5) is 0 Å². The maximum atomic E-state index is 5.86. The third kappa shape index (κ3) is 4.34. The van der Waals surface area contributed by atoms with Crippen molar-refractivity contribution in [1.82, 2.24) is 12.3 Å². The topological polar surface area (TPSA) is 88.5 Å². The predicted octanol–water partition coefficient (Wildman–Crippen LogP) is 5.60. The van der Waals surface area contributed by atoms with Crippen LogP contribution in [0.2, 0.25) is 0 Å². The highest BCUT2D eigenvalue weighted by atomic mass is 16.5. The average Bonchev–Trinajstić information content (AvgIpc) is 2.51. The van der Waals surface area contributed by atoms with E-state index in [-0.39, 0.29) is 12.3 Å². The molecule has 0 bridgehead atoms. The molecule has 0 atom stereocenters. The van der Waals surface area contributed by atoms with Gasteiger partial charge in [0, 0.05) is 0 Å². The largest absolute Gasteiger partial charge is 0.453 e. The lowest BCUT2D eigenvalue weighted by molar-refractivity contribution is 0.419. The van der Waals surface area contributed by atoms with E-state index in [0.29, 0.717) is 11.5 Å². The van der Waals surface area contributed by atoms with E-state index in [1.54, 1.807) is 0 Å². The molecule has 0 fully saturated rings. The van der Waals surface area contributed by atoms with Gasteiger partial charge in [-0.05, 0) is 36.4 Å². The van der Waals surface area contributed by atoms with Gasteiger partial charge in [-0.3, -0.25) is 0 Å². The van der Waals surface area contributed by atoms with Crippen LogP contribution in [0.1, 0.15) is 0 Å². The van der Waals surface area contributed by atoms with Crippen molar-refractivity contribution < 1.29 is 9.47 Å². The number of rotatable bonds is 4. The molecule has 6 N–H and O–H groups in total. The predicted molar refractivity (Wildman–Crippen MR) is 89.5 cm³/mol. The molecule has 0 heterocycles. The highest BCUT2D eigenvalue weighted by Gasteiger charge is 2.06. The minimum Gasteiger partial charge on any atom is -0.453 e. The lowest BCUT2D eigenvalue weighted by Gasteiger charge is -2.11. The van der Waals surface area contributed by atoms with Gasteiger partial charge in [-0.25, -0.2) is 0 Å². The van der Waals surface area contributed by atoms with Gasteiger partial charge in [-0.15, -0.1) is 0 Å². The fraction of sp³-hybridized carbons (Fsp3) is 0. The van der Waals surface area contributed by atoms with E-state index < -0.39 is 0 Å². The number of hydrogen-bond acceptors (Lipinski definition) is 4. The van der Waals surface area contributed by atoms with Crippen molar-refractivity contribution in [1.29, 1.82) is 0 Å². The molecule has 3 rings (SSSR count). The zero-order valence-corrected chi connectivity index (χ0v) is 12.3. The van der Waals surface area contributed by atoms with E-state index in [1.807, 2.05) is 84.9 Å². The molecule has 0 aliphatic heterocycles. The van der Waals surface area contributed by atoms with Crippen molar-refractivity contribution in [2.45, 2.75) is 0 Å². The molecule has 114 valence electrons. The Morgan fingerprint density at radius 3 is 1.09 bits per heavy atom. The maximum absolute atomic E-state index is 5.86. The summed E-state index contributed by atoms with van der Waals surface area (Å²) in [6.07, 6.45) is 0. The van der Waals surface area contributed by atoms with Crippen molar-refractivity contribution in [2.24, 2.45) is 0 Å². The molecule has 0 aromatic heterocycles. The smallest absolute Gasteiger partial charge is 0.169 e. The van der Waals surface area contributed by atoms with E-state index >= 15 is 0 Å². The van der Waals surface area contributed by atoms with E-state index in [9.17, 15) is 0 Å². The maximum Gasteiger partial charge on any atom is 0.169 e. The van der Waals surface area contributed by atoms with E-state index in [4.69, 9.17) is 9.47 Å². The third-order valence-corrected chi connectivity index (χ3v) is 2.79. The zero-order valence-electron chi connectivity index (χ0n) is 12.3. The van der Waals surface area contributed by atoms with E-state index in [2.05, 4.69) is 0 Å². The fourth-order valence-electron chi connectivity index (χ4n) is 1.85. The second kappa shape index (κ2) is 8.46. The first-order valence-corrected chi connectivity index (χ1v) is 6.47. The summed E-state index contributed by atoms with van der Waals surface area (Å²) in [6.45, 7) is 0. The fourth-order valence-corrected chi connectivity index (χ4v) is 1.85. The summed E-state index contributed by atoms with van der Waals surface area (Å²) in [5.74, 6) is 2.97. The number of para-hydroxylation sites is 4. The van der Waals surface area contributed by atoms with Gasteiger partial charge in [0.1, 0.15) is 11.5 Å². The summed E-state index contributed by atoms with van der Waals surface area (Å²) in [4.78, 5) is 0. The van der Waals surface area contributed by atoms with Gasteiger partial charge in [0.05, 0.1) is 0 Å². The first-order valence-electron chi connectivity index (χ1n) is 6.47. The van der Waals surface area contributed by atoms with Gasteiger partial charge >= 0.3 is 0 Å². The Hall–Kier alpha value is -2.82. The molecular weight excluding hydrogens is 276 g/mol. The molecular formula is C18H20N2O2.